The molecule has 0 aliphatic heterocycles. The number of alkyl carbamates (subject to hydrolysis) is 1. The van der Waals surface area contributed by atoms with Gasteiger partial charge in [0, 0.05) is 5.92 Å². The number of amides is 1. The number of benzene rings is 2. The first kappa shape index (κ1) is 13.4. The van der Waals surface area contributed by atoms with Crippen molar-refractivity contribution in [2.45, 2.75) is 12.0 Å². The second-order valence-corrected chi connectivity index (χ2v) is 5.04. The lowest BCUT2D eigenvalue weighted by molar-refractivity contribution is 0.165. The van der Waals surface area contributed by atoms with Crippen molar-refractivity contribution in [3.63, 3.8) is 0 Å². The van der Waals surface area contributed by atoms with Gasteiger partial charge in [-0.1, -0.05) is 66.7 Å². The van der Waals surface area contributed by atoms with Crippen LogP contribution in [0.25, 0.3) is 6.08 Å². The van der Waals surface area contributed by atoms with Crippen molar-refractivity contribution in [1.82, 2.24) is 5.32 Å². The molecule has 0 saturated heterocycles. The standard InChI is InChI=1S/C18H17NO2/c1-21-18(20)19-17-15-10-6-5-9-14(15)11-12-16(17)13-7-3-2-4-8-13/h2-12,16-17H,1H3,(H,19,20)/t16-,17-/m1/s1. The lowest BCUT2D eigenvalue weighted by Crippen LogP contribution is -2.33. The summed E-state index contributed by atoms with van der Waals surface area (Å²) >= 11 is 0. The normalized spacial score (nSPS) is 19.7. The van der Waals surface area contributed by atoms with Gasteiger partial charge in [-0.05, 0) is 16.7 Å². The summed E-state index contributed by atoms with van der Waals surface area (Å²) in [7, 11) is 1.39. The molecule has 1 aliphatic rings. The molecule has 0 spiro atoms. The van der Waals surface area contributed by atoms with Gasteiger partial charge in [-0.15, -0.1) is 0 Å². The Hall–Kier alpha value is -2.55. The molecule has 0 heterocycles. The number of carbonyl (C=O) groups excluding carboxylic acids is 1. The Morgan fingerprint density at radius 1 is 1.05 bits per heavy atom. The zero-order valence-corrected chi connectivity index (χ0v) is 11.8. The fourth-order valence-electron chi connectivity index (χ4n) is 2.79. The molecule has 2 aromatic carbocycles. The number of nitrogens with one attached hydrogen (secondary N) is 1. The largest absolute Gasteiger partial charge is 0.453 e. The fraction of sp³-hybridized carbons (Fsp3) is 0.167. The maximum absolute atomic E-state index is 11.7. The highest BCUT2D eigenvalue weighted by Gasteiger charge is 2.28. The van der Waals surface area contributed by atoms with Crippen LogP contribution in [-0.2, 0) is 4.74 Å². The quantitative estimate of drug-likeness (QED) is 0.905. The number of fused-ring (bicyclic) bond motifs is 1. The highest BCUT2D eigenvalue weighted by molar-refractivity contribution is 5.70. The molecular weight excluding hydrogens is 262 g/mol. The Morgan fingerprint density at radius 2 is 1.76 bits per heavy atom. The number of carbonyl (C=O) groups is 1. The molecule has 1 amide bonds. The van der Waals surface area contributed by atoms with Crippen molar-refractivity contribution in [2.24, 2.45) is 0 Å². The molecule has 3 nitrogen and oxygen atoms in total. The summed E-state index contributed by atoms with van der Waals surface area (Å²) in [5, 5.41) is 2.96. The summed E-state index contributed by atoms with van der Waals surface area (Å²) in [5.74, 6) is 0.0974. The first-order valence-corrected chi connectivity index (χ1v) is 6.96. The first-order valence-electron chi connectivity index (χ1n) is 6.96. The van der Waals surface area contributed by atoms with Crippen molar-refractivity contribution in [1.29, 1.82) is 0 Å². The van der Waals surface area contributed by atoms with Gasteiger partial charge >= 0.3 is 6.09 Å². The molecule has 0 bridgehead atoms. The van der Waals surface area contributed by atoms with Gasteiger partial charge in [0.1, 0.15) is 0 Å². The van der Waals surface area contributed by atoms with Gasteiger partial charge in [-0.2, -0.15) is 0 Å². The van der Waals surface area contributed by atoms with E-state index in [1.807, 2.05) is 30.3 Å². The maximum Gasteiger partial charge on any atom is 0.407 e. The summed E-state index contributed by atoms with van der Waals surface area (Å²) in [6.45, 7) is 0. The van der Waals surface area contributed by atoms with Gasteiger partial charge in [0.05, 0.1) is 13.2 Å². The van der Waals surface area contributed by atoms with Crippen molar-refractivity contribution in [2.75, 3.05) is 7.11 Å². The van der Waals surface area contributed by atoms with Crippen LogP contribution in [0.2, 0.25) is 0 Å². The van der Waals surface area contributed by atoms with Crippen LogP contribution in [0, 0.1) is 0 Å². The SMILES string of the molecule is COC(=O)N[C@@H]1c2ccccc2C=C[C@@H]1c1ccccc1. The highest BCUT2D eigenvalue weighted by atomic mass is 16.5. The Balaban J connectivity index is 2.02. The van der Waals surface area contributed by atoms with Crippen LogP contribution < -0.4 is 5.32 Å². The summed E-state index contributed by atoms with van der Waals surface area (Å²) in [5.41, 5.74) is 3.41. The van der Waals surface area contributed by atoms with E-state index in [9.17, 15) is 4.79 Å². The maximum atomic E-state index is 11.7. The molecule has 106 valence electrons. The molecule has 2 aromatic rings. The highest BCUT2D eigenvalue weighted by Crippen LogP contribution is 2.38. The van der Waals surface area contributed by atoms with Crippen LogP contribution in [0.4, 0.5) is 4.79 Å². The second kappa shape index (κ2) is 5.83. The average molecular weight is 279 g/mol. The van der Waals surface area contributed by atoms with Crippen molar-refractivity contribution in [3.05, 3.63) is 77.4 Å². The van der Waals surface area contributed by atoms with Crippen LogP contribution >= 0.6 is 0 Å². The summed E-state index contributed by atoms with van der Waals surface area (Å²) in [6.07, 6.45) is 3.84. The van der Waals surface area contributed by atoms with E-state index in [1.165, 1.54) is 12.7 Å². The molecule has 21 heavy (non-hydrogen) atoms. The van der Waals surface area contributed by atoms with E-state index in [-0.39, 0.29) is 12.0 Å². The average Bonchev–Trinajstić information content (AvgIpc) is 2.56. The fourth-order valence-corrected chi connectivity index (χ4v) is 2.79. The third-order valence-electron chi connectivity index (χ3n) is 3.82. The van der Waals surface area contributed by atoms with Crippen LogP contribution in [0.15, 0.2) is 60.7 Å². The van der Waals surface area contributed by atoms with Crippen LogP contribution in [0.3, 0.4) is 0 Å². The molecule has 2 atom stereocenters. The van der Waals surface area contributed by atoms with Gasteiger partial charge in [-0.3, -0.25) is 0 Å². The molecule has 0 aromatic heterocycles. The Kier molecular flexibility index (Phi) is 3.73. The third-order valence-corrected chi connectivity index (χ3v) is 3.82. The van der Waals surface area contributed by atoms with E-state index in [0.29, 0.717) is 0 Å². The van der Waals surface area contributed by atoms with Gasteiger partial charge in [0.2, 0.25) is 0 Å². The van der Waals surface area contributed by atoms with Gasteiger partial charge in [0.15, 0.2) is 0 Å². The lowest BCUT2D eigenvalue weighted by Gasteiger charge is -2.30. The Bertz CT molecular complexity index is 664. The minimum Gasteiger partial charge on any atom is -0.453 e. The van der Waals surface area contributed by atoms with Crippen LogP contribution in [-0.4, -0.2) is 13.2 Å². The third kappa shape index (κ3) is 2.68. The zero-order chi connectivity index (χ0) is 14.7. The summed E-state index contributed by atoms with van der Waals surface area (Å²) in [6, 6.07) is 18.1. The van der Waals surface area contributed by atoms with Crippen LogP contribution in [0.5, 0.6) is 0 Å². The molecule has 1 N–H and O–H groups in total. The Labute approximate surface area is 124 Å². The number of hydrogen-bond donors (Lipinski definition) is 1. The van der Waals surface area contributed by atoms with Crippen LogP contribution in [0.1, 0.15) is 28.7 Å². The molecule has 0 saturated carbocycles. The molecule has 3 rings (SSSR count). The van der Waals surface area contributed by atoms with E-state index in [1.54, 1.807) is 0 Å². The number of ether oxygens (including phenoxy) is 1. The molecule has 0 fully saturated rings. The van der Waals surface area contributed by atoms with Crippen molar-refractivity contribution < 1.29 is 9.53 Å². The first-order chi connectivity index (χ1) is 10.3. The summed E-state index contributed by atoms with van der Waals surface area (Å²) < 4.78 is 4.78. The minimum atomic E-state index is -0.411. The summed E-state index contributed by atoms with van der Waals surface area (Å²) in [4.78, 5) is 11.7. The second-order valence-electron chi connectivity index (χ2n) is 5.04. The van der Waals surface area contributed by atoms with E-state index in [4.69, 9.17) is 4.74 Å². The van der Waals surface area contributed by atoms with Gasteiger partial charge in [-0.25, -0.2) is 4.79 Å². The van der Waals surface area contributed by atoms with Crippen molar-refractivity contribution >= 4 is 12.2 Å². The number of methoxy groups -OCH3 is 1. The number of rotatable bonds is 2. The topological polar surface area (TPSA) is 38.3 Å². The van der Waals surface area contributed by atoms with E-state index < -0.39 is 6.09 Å². The molecule has 0 unspecified atom stereocenters. The molecule has 1 aliphatic carbocycles. The van der Waals surface area contributed by atoms with E-state index >= 15 is 0 Å². The molecule has 0 radical (unpaired) electrons. The van der Waals surface area contributed by atoms with Gasteiger partial charge < -0.3 is 10.1 Å². The predicted molar refractivity (Wildman–Crippen MR) is 82.9 cm³/mol. The Morgan fingerprint density at radius 3 is 2.52 bits per heavy atom. The zero-order valence-electron chi connectivity index (χ0n) is 11.8. The van der Waals surface area contributed by atoms with Gasteiger partial charge in [0.25, 0.3) is 0 Å². The molecule has 3 heteroatoms. The lowest BCUT2D eigenvalue weighted by atomic mass is 9.81. The van der Waals surface area contributed by atoms with E-state index in [0.717, 1.165) is 11.1 Å². The molecular formula is C18H17NO2. The predicted octanol–water partition coefficient (Wildman–Crippen LogP) is 3.89. The minimum absolute atomic E-state index is 0.0974. The smallest absolute Gasteiger partial charge is 0.407 e. The van der Waals surface area contributed by atoms with E-state index in [2.05, 4.69) is 41.7 Å². The van der Waals surface area contributed by atoms with Crippen molar-refractivity contribution in [3.8, 4) is 0 Å². The number of hydrogen-bond acceptors (Lipinski definition) is 2. The monoisotopic (exact) mass is 279 g/mol.